The van der Waals surface area contributed by atoms with E-state index in [1.807, 2.05) is 30.0 Å². The maximum absolute atomic E-state index is 5.14. The number of methoxy groups -OCH3 is 1. The molecule has 160 valence electrons. The van der Waals surface area contributed by atoms with Gasteiger partial charge >= 0.3 is 0 Å². The van der Waals surface area contributed by atoms with Crippen molar-refractivity contribution in [2.24, 2.45) is 4.99 Å². The van der Waals surface area contributed by atoms with Crippen molar-refractivity contribution in [1.29, 1.82) is 0 Å². The van der Waals surface area contributed by atoms with Gasteiger partial charge in [-0.1, -0.05) is 0 Å². The Hall–Kier alpha value is -2.30. The van der Waals surface area contributed by atoms with E-state index in [1.165, 1.54) is 9.75 Å². The van der Waals surface area contributed by atoms with Gasteiger partial charge in [0.1, 0.15) is 12.4 Å². The van der Waals surface area contributed by atoms with Crippen molar-refractivity contribution in [3.8, 4) is 10.6 Å². The number of fused-ring (bicyclic) bond motifs is 1. The van der Waals surface area contributed by atoms with Crippen molar-refractivity contribution in [2.45, 2.75) is 45.4 Å². The van der Waals surface area contributed by atoms with E-state index in [1.54, 1.807) is 18.4 Å². The first kappa shape index (κ1) is 21.0. The molecule has 4 rings (SSSR count). The zero-order valence-electron chi connectivity index (χ0n) is 17.5. The summed E-state index contributed by atoms with van der Waals surface area (Å²) in [7, 11) is 3.47. The third-order valence-electron chi connectivity index (χ3n) is 4.94. The SMILES string of the molecule is CN=C(NCCc1ccc(-c2csc(C)n2)s1)NC1CCc2nc(COC)nn2C1. The first-order chi connectivity index (χ1) is 14.6. The molecule has 3 aromatic heterocycles. The molecular weight excluding hydrogens is 418 g/mol. The fourth-order valence-electron chi connectivity index (χ4n) is 3.49. The lowest BCUT2D eigenvalue weighted by Crippen LogP contribution is -2.47. The van der Waals surface area contributed by atoms with E-state index in [9.17, 15) is 0 Å². The summed E-state index contributed by atoms with van der Waals surface area (Å²) in [5.41, 5.74) is 1.08. The molecule has 0 amide bonds. The molecule has 0 fully saturated rings. The Morgan fingerprint density at radius 2 is 2.27 bits per heavy atom. The van der Waals surface area contributed by atoms with Crippen LogP contribution in [0.2, 0.25) is 0 Å². The predicted octanol–water partition coefficient (Wildman–Crippen LogP) is 2.64. The number of thiophene rings is 1. The Morgan fingerprint density at radius 1 is 1.37 bits per heavy atom. The van der Waals surface area contributed by atoms with Crippen LogP contribution >= 0.6 is 22.7 Å². The van der Waals surface area contributed by atoms with E-state index in [0.29, 0.717) is 6.61 Å². The molecule has 0 aromatic carbocycles. The van der Waals surface area contributed by atoms with Crippen molar-refractivity contribution in [3.63, 3.8) is 0 Å². The largest absolute Gasteiger partial charge is 0.377 e. The summed E-state index contributed by atoms with van der Waals surface area (Å²) >= 11 is 3.50. The summed E-state index contributed by atoms with van der Waals surface area (Å²) in [4.78, 5) is 16.1. The minimum atomic E-state index is 0.280. The highest BCUT2D eigenvalue weighted by Gasteiger charge is 2.22. The molecule has 8 nitrogen and oxygen atoms in total. The molecule has 0 saturated carbocycles. The molecule has 3 aromatic rings. The monoisotopic (exact) mass is 445 g/mol. The lowest BCUT2D eigenvalue weighted by atomic mass is 10.1. The van der Waals surface area contributed by atoms with Crippen LogP contribution in [0.15, 0.2) is 22.5 Å². The molecule has 10 heteroatoms. The number of thiazole rings is 1. The van der Waals surface area contributed by atoms with Crippen LogP contribution in [0.3, 0.4) is 0 Å². The molecule has 4 heterocycles. The Bertz CT molecular complexity index is 1010. The summed E-state index contributed by atoms with van der Waals surface area (Å²) in [5, 5.41) is 14.7. The van der Waals surface area contributed by atoms with Gasteiger partial charge in [-0.05, 0) is 31.9 Å². The van der Waals surface area contributed by atoms with Gasteiger partial charge in [-0.3, -0.25) is 4.99 Å². The molecule has 0 aliphatic carbocycles. The summed E-state index contributed by atoms with van der Waals surface area (Å²) in [6, 6.07) is 4.64. The first-order valence-electron chi connectivity index (χ1n) is 10.0. The van der Waals surface area contributed by atoms with Crippen molar-refractivity contribution in [3.05, 3.63) is 39.0 Å². The average molecular weight is 446 g/mol. The maximum Gasteiger partial charge on any atom is 0.191 e. The van der Waals surface area contributed by atoms with Crippen LogP contribution in [0.1, 0.15) is 28.0 Å². The van der Waals surface area contributed by atoms with Crippen molar-refractivity contribution < 1.29 is 4.74 Å². The van der Waals surface area contributed by atoms with Gasteiger partial charge < -0.3 is 15.4 Å². The van der Waals surface area contributed by atoms with E-state index in [-0.39, 0.29) is 6.04 Å². The van der Waals surface area contributed by atoms with Crippen LogP contribution in [-0.4, -0.2) is 52.5 Å². The van der Waals surface area contributed by atoms with Crippen molar-refractivity contribution in [2.75, 3.05) is 20.7 Å². The van der Waals surface area contributed by atoms with Crippen LogP contribution in [0.25, 0.3) is 10.6 Å². The van der Waals surface area contributed by atoms with Gasteiger partial charge in [0.25, 0.3) is 0 Å². The second-order valence-corrected chi connectivity index (χ2v) is 9.44. The number of hydrogen-bond acceptors (Lipinski definition) is 7. The molecule has 0 bridgehead atoms. The molecule has 1 aliphatic heterocycles. The van der Waals surface area contributed by atoms with Crippen LogP contribution in [0, 0.1) is 6.92 Å². The predicted molar refractivity (Wildman–Crippen MR) is 121 cm³/mol. The zero-order valence-corrected chi connectivity index (χ0v) is 19.1. The minimum Gasteiger partial charge on any atom is -0.377 e. The Labute approximate surface area is 184 Å². The summed E-state index contributed by atoms with van der Waals surface area (Å²) in [5.74, 6) is 2.61. The number of hydrogen-bond donors (Lipinski definition) is 2. The number of aliphatic imine (C=N–C) groups is 1. The molecule has 0 radical (unpaired) electrons. The van der Waals surface area contributed by atoms with Crippen molar-refractivity contribution >= 4 is 28.6 Å². The molecular formula is C20H27N7OS2. The van der Waals surface area contributed by atoms with Gasteiger partial charge in [0.2, 0.25) is 0 Å². The smallest absolute Gasteiger partial charge is 0.191 e. The normalized spacial score (nSPS) is 16.5. The van der Waals surface area contributed by atoms with Gasteiger partial charge in [0, 0.05) is 43.4 Å². The lowest BCUT2D eigenvalue weighted by molar-refractivity contribution is 0.177. The number of aromatic nitrogens is 4. The van der Waals surface area contributed by atoms with Gasteiger partial charge in [-0.2, -0.15) is 5.10 Å². The summed E-state index contributed by atoms with van der Waals surface area (Å²) in [6.45, 7) is 4.11. The number of ether oxygens (including phenoxy) is 1. The molecule has 2 N–H and O–H groups in total. The highest BCUT2D eigenvalue weighted by Crippen LogP contribution is 2.29. The zero-order chi connectivity index (χ0) is 20.9. The maximum atomic E-state index is 5.14. The van der Waals surface area contributed by atoms with E-state index in [4.69, 9.17) is 4.74 Å². The van der Waals surface area contributed by atoms with Gasteiger partial charge in [0.15, 0.2) is 11.8 Å². The van der Waals surface area contributed by atoms with E-state index >= 15 is 0 Å². The number of guanidine groups is 1. The van der Waals surface area contributed by atoms with E-state index < -0.39 is 0 Å². The Balaban J connectivity index is 1.26. The van der Waals surface area contributed by atoms with Gasteiger partial charge in [-0.15, -0.1) is 22.7 Å². The highest BCUT2D eigenvalue weighted by molar-refractivity contribution is 7.16. The fourth-order valence-corrected chi connectivity index (χ4v) is 5.14. The molecule has 1 aliphatic rings. The van der Waals surface area contributed by atoms with Crippen LogP contribution in [0.4, 0.5) is 0 Å². The topological polar surface area (TPSA) is 89.2 Å². The minimum absolute atomic E-state index is 0.280. The van der Waals surface area contributed by atoms with Gasteiger partial charge in [-0.25, -0.2) is 14.6 Å². The Kier molecular flexibility index (Phi) is 6.76. The average Bonchev–Trinajstić information content (AvgIpc) is 3.46. The fraction of sp³-hybridized carbons (Fsp3) is 0.500. The lowest BCUT2D eigenvalue weighted by Gasteiger charge is -2.25. The highest BCUT2D eigenvalue weighted by atomic mass is 32.1. The van der Waals surface area contributed by atoms with Crippen LogP contribution in [-0.2, 0) is 30.7 Å². The van der Waals surface area contributed by atoms with E-state index in [0.717, 1.165) is 60.7 Å². The first-order valence-corrected chi connectivity index (χ1v) is 11.7. The quantitative estimate of drug-likeness (QED) is 0.429. The molecule has 1 atom stereocenters. The number of aryl methyl sites for hydroxylation is 2. The number of rotatable bonds is 7. The standard InChI is InChI=1S/C20H27N7OS2/c1-13-23-16(12-29-13)17-6-5-15(30-17)8-9-22-20(21-2)24-14-4-7-19-25-18(11-28-3)26-27(19)10-14/h5-6,12,14H,4,7-11H2,1-3H3,(H2,21,22,24). The molecule has 30 heavy (non-hydrogen) atoms. The number of nitrogens with zero attached hydrogens (tertiary/aromatic N) is 5. The van der Waals surface area contributed by atoms with E-state index in [2.05, 4.69) is 48.2 Å². The summed E-state index contributed by atoms with van der Waals surface area (Å²) < 4.78 is 7.12. The molecule has 0 saturated heterocycles. The molecule has 0 spiro atoms. The summed E-state index contributed by atoms with van der Waals surface area (Å²) in [6.07, 6.45) is 2.86. The second-order valence-electron chi connectivity index (χ2n) is 7.21. The van der Waals surface area contributed by atoms with Crippen molar-refractivity contribution in [1.82, 2.24) is 30.4 Å². The van der Waals surface area contributed by atoms with Crippen LogP contribution < -0.4 is 10.6 Å². The third-order valence-corrected chi connectivity index (χ3v) is 6.88. The van der Waals surface area contributed by atoms with Gasteiger partial charge in [0.05, 0.1) is 22.1 Å². The third kappa shape index (κ3) is 5.05. The van der Waals surface area contributed by atoms with Crippen LogP contribution in [0.5, 0.6) is 0 Å². The Morgan fingerprint density at radius 3 is 3.03 bits per heavy atom. The molecule has 1 unspecified atom stereocenters. The number of nitrogens with one attached hydrogen (secondary N) is 2. The second kappa shape index (κ2) is 9.67.